The highest BCUT2D eigenvalue weighted by atomic mass is 35.5. The van der Waals surface area contributed by atoms with Crippen LogP contribution in [-0.2, 0) is 13.0 Å². The van der Waals surface area contributed by atoms with Crippen LogP contribution < -0.4 is 23.5 Å². The zero-order valence-electron chi connectivity index (χ0n) is 15.4. The van der Waals surface area contributed by atoms with Crippen LogP contribution in [0, 0.1) is 0 Å². The molecule has 2 aliphatic rings. The number of ether oxygens (including phenoxy) is 4. The second kappa shape index (κ2) is 6.61. The van der Waals surface area contributed by atoms with Crippen LogP contribution in [0.25, 0.3) is 22.0 Å². The first-order chi connectivity index (χ1) is 13.6. The van der Waals surface area contributed by atoms with E-state index in [1.165, 1.54) is 5.56 Å². The number of rotatable bonds is 3. The smallest absolute Gasteiger partial charge is 0.231 e. The number of aromatic nitrogens is 1. The van der Waals surface area contributed by atoms with Gasteiger partial charge < -0.3 is 18.9 Å². The van der Waals surface area contributed by atoms with Crippen LogP contribution >= 0.6 is 23.2 Å². The molecule has 0 atom stereocenters. The summed E-state index contributed by atoms with van der Waals surface area (Å²) < 4.78 is 24.4. The first-order valence-corrected chi connectivity index (χ1v) is 9.82. The van der Waals surface area contributed by atoms with E-state index in [-0.39, 0.29) is 6.79 Å². The van der Waals surface area contributed by atoms with E-state index in [9.17, 15) is 0 Å². The second-order valence-electron chi connectivity index (χ2n) is 6.75. The average Bonchev–Trinajstić information content (AvgIpc) is 3.16. The van der Waals surface area contributed by atoms with Crippen molar-refractivity contribution in [1.82, 2.24) is 0 Å². The Balaban J connectivity index is 1.85. The summed E-state index contributed by atoms with van der Waals surface area (Å²) in [6.07, 6.45) is 0.842. The maximum absolute atomic E-state index is 6.47. The molecule has 3 aromatic rings. The minimum Gasteiger partial charge on any atom is -0.493 e. The van der Waals surface area contributed by atoms with Crippen molar-refractivity contribution in [2.24, 2.45) is 0 Å². The van der Waals surface area contributed by atoms with Crippen LogP contribution in [-0.4, -0.2) is 21.0 Å². The summed E-state index contributed by atoms with van der Waals surface area (Å²) in [5.41, 5.74) is 4.16. The molecule has 144 valence electrons. The number of hydrogen-bond donors (Lipinski definition) is 0. The molecule has 5 nitrogen and oxygen atoms in total. The zero-order chi connectivity index (χ0) is 19.4. The highest BCUT2D eigenvalue weighted by Crippen LogP contribution is 2.44. The molecule has 0 saturated carbocycles. The van der Waals surface area contributed by atoms with E-state index >= 15 is 0 Å². The van der Waals surface area contributed by atoms with Gasteiger partial charge in [-0.1, -0.05) is 23.2 Å². The van der Waals surface area contributed by atoms with E-state index in [1.54, 1.807) is 14.2 Å². The van der Waals surface area contributed by atoms with E-state index < -0.39 is 4.84 Å². The number of nitrogens with zero attached hydrogens (tertiary/aromatic N) is 1. The van der Waals surface area contributed by atoms with Crippen LogP contribution in [0.5, 0.6) is 23.0 Å². The van der Waals surface area contributed by atoms with Gasteiger partial charge in [0.1, 0.15) is 0 Å². The molecule has 0 unspecified atom stereocenters. The molecule has 0 amide bonds. The van der Waals surface area contributed by atoms with Crippen molar-refractivity contribution in [3.05, 3.63) is 41.6 Å². The first-order valence-electron chi connectivity index (χ1n) is 8.95. The SMILES string of the molecule is COc1ccc2cc3[n+](c(C(Cl)Cl)c2c1OC)CCc1cc2c(cc1-3)OCO2. The highest BCUT2D eigenvalue weighted by molar-refractivity contribution is 6.44. The Morgan fingerprint density at radius 1 is 1.04 bits per heavy atom. The number of alkyl halides is 2. The Morgan fingerprint density at radius 2 is 1.82 bits per heavy atom. The maximum Gasteiger partial charge on any atom is 0.231 e. The fourth-order valence-electron chi connectivity index (χ4n) is 4.17. The quantitative estimate of drug-likeness (QED) is 0.461. The first kappa shape index (κ1) is 17.7. The molecule has 28 heavy (non-hydrogen) atoms. The molecule has 0 fully saturated rings. The molecular formula is C21H18Cl2NO4+. The molecular weight excluding hydrogens is 401 g/mol. The predicted octanol–water partition coefficient (Wildman–Crippen LogP) is 4.57. The molecule has 3 heterocycles. The van der Waals surface area contributed by atoms with E-state index in [2.05, 4.69) is 16.7 Å². The summed E-state index contributed by atoms with van der Waals surface area (Å²) in [5, 5.41) is 1.85. The largest absolute Gasteiger partial charge is 0.493 e. The van der Waals surface area contributed by atoms with E-state index in [4.69, 9.17) is 42.1 Å². The number of fused-ring (bicyclic) bond motifs is 5. The van der Waals surface area contributed by atoms with Crippen LogP contribution in [0.4, 0.5) is 0 Å². The molecule has 0 spiro atoms. The predicted molar refractivity (Wildman–Crippen MR) is 107 cm³/mol. The van der Waals surface area contributed by atoms with Crippen LogP contribution in [0.2, 0.25) is 0 Å². The Kier molecular flexibility index (Phi) is 4.18. The van der Waals surface area contributed by atoms with Gasteiger partial charge in [-0.3, -0.25) is 0 Å². The number of aryl methyl sites for hydroxylation is 1. The van der Waals surface area contributed by atoms with Crippen molar-refractivity contribution in [1.29, 1.82) is 0 Å². The van der Waals surface area contributed by atoms with Gasteiger partial charge in [-0.15, -0.1) is 0 Å². The van der Waals surface area contributed by atoms with E-state index in [0.717, 1.165) is 52.2 Å². The van der Waals surface area contributed by atoms with Gasteiger partial charge in [0.05, 0.1) is 25.2 Å². The van der Waals surface area contributed by atoms with Crippen molar-refractivity contribution < 1.29 is 23.5 Å². The number of pyridine rings is 1. The molecule has 7 heteroatoms. The number of hydrogen-bond acceptors (Lipinski definition) is 4. The van der Waals surface area contributed by atoms with E-state index in [1.807, 2.05) is 18.2 Å². The maximum atomic E-state index is 6.47. The van der Waals surface area contributed by atoms with Gasteiger partial charge in [-0.2, -0.15) is 4.57 Å². The molecule has 0 radical (unpaired) electrons. The fraction of sp³-hybridized carbons (Fsp3) is 0.286. The van der Waals surface area contributed by atoms with Gasteiger partial charge >= 0.3 is 0 Å². The van der Waals surface area contributed by atoms with Gasteiger partial charge in [0.2, 0.25) is 18.2 Å². The highest BCUT2D eigenvalue weighted by Gasteiger charge is 2.34. The summed E-state index contributed by atoms with van der Waals surface area (Å²) in [6.45, 7) is 1.01. The van der Waals surface area contributed by atoms with Crippen molar-refractivity contribution >= 4 is 34.0 Å². The molecule has 0 saturated heterocycles. The van der Waals surface area contributed by atoms with Crippen molar-refractivity contribution in [3.63, 3.8) is 0 Å². The van der Waals surface area contributed by atoms with Crippen LogP contribution in [0.3, 0.4) is 0 Å². The van der Waals surface area contributed by atoms with Crippen LogP contribution in [0.15, 0.2) is 30.3 Å². The Bertz CT molecular complexity index is 1110. The summed E-state index contributed by atoms with van der Waals surface area (Å²) in [4.78, 5) is -0.723. The van der Waals surface area contributed by atoms with Gasteiger partial charge in [0.15, 0.2) is 34.4 Å². The average molecular weight is 419 g/mol. The molecule has 0 aliphatic carbocycles. The van der Waals surface area contributed by atoms with Crippen LogP contribution in [0.1, 0.15) is 16.1 Å². The topological polar surface area (TPSA) is 40.8 Å². The number of halogens is 2. The monoisotopic (exact) mass is 418 g/mol. The molecule has 2 aliphatic heterocycles. The molecule has 5 rings (SSSR count). The lowest BCUT2D eigenvalue weighted by molar-refractivity contribution is -0.692. The van der Waals surface area contributed by atoms with Gasteiger partial charge in [0, 0.05) is 12.5 Å². The summed E-state index contributed by atoms with van der Waals surface area (Å²) in [6, 6.07) is 10.1. The number of methoxy groups -OCH3 is 2. The number of benzene rings is 2. The lowest BCUT2D eigenvalue weighted by Crippen LogP contribution is -2.44. The fourth-order valence-corrected chi connectivity index (χ4v) is 4.62. The Hall–Kier alpha value is -2.37. The summed E-state index contributed by atoms with van der Waals surface area (Å²) in [5.74, 6) is 2.83. The minimum absolute atomic E-state index is 0.254. The van der Waals surface area contributed by atoms with Gasteiger partial charge in [-0.25, -0.2) is 0 Å². The summed E-state index contributed by atoms with van der Waals surface area (Å²) in [7, 11) is 3.24. The second-order valence-corrected chi connectivity index (χ2v) is 7.84. The third-order valence-corrected chi connectivity index (χ3v) is 5.81. The Morgan fingerprint density at radius 3 is 2.54 bits per heavy atom. The molecule has 0 bridgehead atoms. The zero-order valence-corrected chi connectivity index (χ0v) is 16.9. The lowest BCUT2D eigenvalue weighted by Gasteiger charge is -2.21. The van der Waals surface area contributed by atoms with Crippen molar-refractivity contribution in [3.8, 4) is 34.3 Å². The lowest BCUT2D eigenvalue weighted by atomic mass is 9.94. The van der Waals surface area contributed by atoms with Crippen molar-refractivity contribution in [2.45, 2.75) is 17.8 Å². The molecule has 0 N–H and O–H groups in total. The third-order valence-electron chi connectivity index (χ3n) is 5.39. The van der Waals surface area contributed by atoms with Gasteiger partial charge in [0.25, 0.3) is 0 Å². The van der Waals surface area contributed by atoms with E-state index in [0.29, 0.717) is 11.5 Å². The minimum atomic E-state index is -0.723. The Labute approximate surface area is 172 Å². The molecule has 2 aromatic carbocycles. The third kappa shape index (κ3) is 2.50. The van der Waals surface area contributed by atoms with Gasteiger partial charge in [-0.05, 0) is 35.2 Å². The standard InChI is InChI=1S/C21H18Cl2NO4/c1-25-15-4-3-12-7-14-13-9-17-16(27-10-28-17)8-11(13)5-6-24(14)19(21(22)23)18(12)20(15)26-2/h3-4,7-9,21H,5-6,10H2,1-2H3/q+1. The van der Waals surface area contributed by atoms with Crippen molar-refractivity contribution in [2.75, 3.05) is 21.0 Å². The summed E-state index contributed by atoms with van der Waals surface area (Å²) >= 11 is 12.9. The normalized spacial score (nSPS) is 14.2. The molecule has 1 aromatic heterocycles.